The minimum atomic E-state index is -0.566. The molecule has 1 aliphatic heterocycles. The molecule has 3 rings (SSSR count). The van der Waals surface area contributed by atoms with Crippen molar-refractivity contribution < 1.29 is 9.84 Å². The van der Waals surface area contributed by atoms with Gasteiger partial charge in [-0.05, 0) is 40.2 Å². The van der Waals surface area contributed by atoms with E-state index in [0.717, 1.165) is 17.5 Å². The Morgan fingerprint density at radius 2 is 1.62 bits per heavy atom. The summed E-state index contributed by atoms with van der Waals surface area (Å²) in [4.78, 5) is 0. The molecule has 0 aromatic heterocycles. The molecule has 2 heteroatoms. The summed E-state index contributed by atoms with van der Waals surface area (Å²) in [5.74, 6) is 0.650. The number of hydrogen-bond donors (Lipinski definition) is 1. The van der Waals surface area contributed by atoms with Crippen molar-refractivity contribution in [2.75, 3.05) is 0 Å². The summed E-state index contributed by atoms with van der Waals surface area (Å²) in [6, 6.07) is 14.4. The van der Waals surface area contributed by atoms with Crippen molar-refractivity contribution in [3.63, 3.8) is 0 Å². The van der Waals surface area contributed by atoms with Crippen LogP contribution < -0.4 is 0 Å². The van der Waals surface area contributed by atoms with Gasteiger partial charge in [0.2, 0.25) is 0 Å². The predicted octanol–water partition coefficient (Wildman–Crippen LogP) is 4.00. The first-order chi connectivity index (χ1) is 10.1. The van der Waals surface area contributed by atoms with Crippen LogP contribution in [0.4, 0.5) is 0 Å². The van der Waals surface area contributed by atoms with Crippen molar-refractivity contribution in [1.82, 2.24) is 0 Å². The molecule has 1 unspecified atom stereocenters. The zero-order valence-electron chi connectivity index (χ0n) is 12.7. The molecule has 21 heavy (non-hydrogen) atoms. The van der Waals surface area contributed by atoms with Crippen LogP contribution in [0.15, 0.2) is 42.5 Å². The largest absolute Gasteiger partial charge is 0.384 e. The van der Waals surface area contributed by atoms with Crippen molar-refractivity contribution in [1.29, 1.82) is 0 Å². The van der Waals surface area contributed by atoms with Crippen LogP contribution in [0, 0.1) is 5.92 Å². The highest BCUT2D eigenvalue weighted by molar-refractivity contribution is 5.38. The van der Waals surface area contributed by atoms with Gasteiger partial charge in [0.15, 0.2) is 0 Å². The van der Waals surface area contributed by atoms with Crippen LogP contribution in [-0.2, 0) is 24.4 Å². The van der Waals surface area contributed by atoms with Gasteiger partial charge in [-0.1, -0.05) is 56.3 Å². The summed E-state index contributed by atoms with van der Waals surface area (Å²) < 4.78 is 5.43. The van der Waals surface area contributed by atoms with Crippen molar-refractivity contribution in [3.05, 3.63) is 70.3 Å². The number of rotatable bonds is 4. The second-order valence-electron chi connectivity index (χ2n) is 6.26. The molecule has 0 aliphatic carbocycles. The molecule has 0 saturated heterocycles. The molecule has 1 atom stereocenters. The molecule has 0 saturated carbocycles. The fourth-order valence-corrected chi connectivity index (χ4v) is 2.86. The molecule has 2 aromatic carbocycles. The molecular formula is C19H22O2. The Bertz CT molecular complexity index is 614. The molecule has 0 bridgehead atoms. The Morgan fingerprint density at radius 3 is 2.33 bits per heavy atom. The third kappa shape index (κ3) is 3.17. The number of fused-ring (bicyclic) bond motifs is 1. The maximum absolute atomic E-state index is 10.6. The zero-order valence-corrected chi connectivity index (χ0v) is 12.7. The predicted molar refractivity (Wildman–Crippen MR) is 84.0 cm³/mol. The lowest BCUT2D eigenvalue weighted by Gasteiger charge is -2.14. The third-order valence-corrected chi connectivity index (χ3v) is 4.00. The Labute approximate surface area is 126 Å². The lowest BCUT2D eigenvalue weighted by Crippen LogP contribution is -2.01. The Kier molecular flexibility index (Phi) is 4.09. The topological polar surface area (TPSA) is 29.5 Å². The number of aliphatic hydroxyl groups excluding tert-OH is 1. The van der Waals surface area contributed by atoms with Gasteiger partial charge in [0.1, 0.15) is 6.10 Å². The number of benzene rings is 2. The molecule has 1 aliphatic rings. The smallest absolute Gasteiger partial charge is 0.104 e. The Balaban J connectivity index is 1.79. The summed E-state index contributed by atoms with van der Waals surface area (Å²) >= 11 is 0. The summed E-state index contributed by atoms with van der Waals surface area (Å²) in [5, 5.41) is 10.6. The van der Waals surface area contributed by atoms with Gasteiger partial charge in [0.05, 0.1) is 13.2 Å². The van der Waals surface area contributed by atoms with Crippen molar-refractivity contribution in [2.24, 2.45) is 5.92 Å². The normalized spacial score (nSPS) is 15.2. The molecule has 0 spiro atoms. The number of hydrogen-bond acceptors (Lipinski definition) is 2. The van der Waals surface area contributed by atoms with Crippen LogP contribution >= 0.6 is 0 Å². The minimum absolute atomic E-state index is 0.566. The molecule has 1 heterocycles. The molecule has 2 aromatic rings. The fraction of sp³-hybridized carbons (Fsp3) is 0.368. The summed E-state index contributed by atoms with van der Waals surface area (Å²) in [5.41, 5.74) is 5.64. The molecule has 1 N–H and O–H groups in total. The highest BCUT2D eigenvalue weighted by Crippen LogP contribution is 2.27. The summed E-state index contributed by atoms with van der Waals surface area (Å²) in [6.45, 7) is 5.78. The standard InChI is InChI=1S/C19H22O2/c1-13(2)9-14-3-5-15(6-4-14)19(20)16-7-8-17-11-21-12-18(17)10-16/h3-8,10,13,19-20H,9,11-12H2,1-2H3. The van der Waals surface area contributed by atoms with E-state index in [2.05, 4.69) is 38.1 Å². The zero-order chi connectivity index (χ0) is 14.8. The Hall–Kier alpha value is -1.64. The van der Waals surface area contributed by atoms with Gasteiger partial charge in [-0.2, -0.15) is 0 Å². The van der Waals surface area contributed by atoms with Gasteiger partial charge in [0, 0.05) is 0 Å². The van der Waals surface area contributed by atoms with E-state index in [4.69, 9.17) is 4.74 Å². The van der Waals surface area contributed by atoms with E-state index < -0.39 is 6.10 Å². The van der Waals surface area contributed by atoms with Crippen molar-refractivity contribution >= 4 is 0 Å². The van der Waals surface area contributed by atoms with Crippen LogP contribution in [0.1, 0.15) is 47.8 Å². The van der Waals surface area contributed by atoms with Crippen LogP contribution in [0.2, 0.25) is 0 Å². The SMILES string of the molecule is CC(C)Cc1ccc(C(O)c2ccc3c(c2)COC3)cc1. The quantitative estimate of drug-likeness (QED) is 0.918. The second-order valence-corrected chi connectivity index (χ2v) is 6.26. The van der Waals surface area contributed by atoms with E-state index >= 15 is 0 Å². The highest BCUT2D eigenvalue weighted by atomic mass is 16.5. The first kappa shape index (κ1) is 14.3. The average molecular weight is 282 g/mol. The van der Waals surface area contributed by atoms with E-state index in [9.17, 15) is 5.11 Å². The van der Waals surface area contributed by atoms with Gasteiger partial charge < -0.3 is 9.84 Å². The first-order valence-electron chi connectivity index (χ1n) is 7.60. The van der Waals surface area contributed by atoms with Crippen LogP contribution in [-0.4, -0.2) is 5.11 Å². The molecule has 110 valence electrons. The number of ether oxygens (including phenoxy) is 1. The first-order valence-corrected chi connectivity index (χ1v) is 7.60. The maximum Gasteiger partial charge on any atom is 0.104 e. The average Bonchev–Trinajstić information content (AvgIpc) is 2.94. The van der Waals surface area contributed by atoms with Crippen molar-refractivity contribution in [2.45, 2.75) is 39.6 Å². The Morgan fingerprint density at radius 1 is 0.952 bits per heavy atom. The monoisotopic (exact) mass is 282 g/mol. The van der Waals surface area contributed by atoms with Gasteiger partial charge in [-0.3, -0.25) is 0 Å². The summed E-state index contributed by atoms with van der Waals surface area (Å²) in [7, 11) is 0. The molecule has 0 amide bonds. The molecule has 0 fully saturated rings. The summed E-state index contributed by atoms with van der Waals surface area (Å²) in [6.07, 6.45) is 0.510. The lowest BCUT2D eigenvalue weighted by molar-refractivity contribution is 0.134. The minimum Gasteiger partial charge on any atom is -0.384 e. The third-order valence-electron chi connectivity index (χ3n) is 4.00. The van der Waals surface area contributed by atoms with Gasteiger partial charge in [0.25, 0.3) is 0 Å². The van der Waals surface area contributed by atoms with Gasteiger partial charge in [-0.25, -0.2) is 0 Å². The molecule has 0 radical (unpaired) electrons. The molecule has 2 nitrogen and oxygen atoms in total. The van der Waals surface area contributed by atoms with E-state index in [-0.39, 0.29) is 0 Å². The maximum atomic E-state index is 10.6. The lowest BCUT2D eigenvalue weighted by atomic mass is 9.96. The van der Waals surface area contributed by atoms with Crippen LogP contribution in [0.5, 0.6) is 0 Å². The van der Waals surface area contributed by atoms with Crippen LogP contribution in [0.3, 0.4) is 0 Å². The van der Waals surface area contributed by atoms with Gasteiger partial charge in [-0.15, -0.1) is 0 Å². The van der Waals surface area contributed by atoms with E-state index in [1.807, 2.05) is 18.2 Å². The molecular weight excluding hydrogens is 260 g/mol. The van der Waals surface area contributed by atoms with E-state index in [1.54, 1.807) is 0 Å². The van der Waals surface area contributed by atoms with E-state index in [0.29, 0.717) is 19.1 Å². The van der Waals surface area contributed by atoms with Crippen LogP contribution in [0.25, 0.3) is 0 Å². The van der Waals surface area contributed by atoms with E-state index in [1.165, 1.54) is 16.7 Å². The van der Waals surface area contributed by atoms with Crippen molar-refractivity contribution in [3.8, 4) is 0 Å². The second kappa shape index (κ2) is 6.00. The van der Waals surface area contributed by atoms with Gasteiger partial charge >= 0.3 is 0 Å². The highest BCUT2D eigenvalue weighted by Gasteiger charge is 2.16. The fourth-order valence-electron chi connectivity index (χ4n) is 2.86. The number of aliphatic hydroxyl groups is 1.